The molecule has 1 aliphatic rings. The van der Waals surface area contributed by atoms with Crippen LogP contribution in [-0.4, -0.2) is 49.2 Å². The molecule has 5 nitrogen and oxygen atoms in total. The summed E-state index contributed by atoms with van der Waals surface area (Å²) in [4.78, 5) is 8.40. The van der Waals surface area contributed by atoms with Crippen LogP contribution in [-0.2, 0) is 0 Å². The average molecular weight is 546 g/mol. The SMILES string of the molecule is CCNC(=NCC(O)c1ccc(F)cc1)NCC1CCCN(C)C1c1cccs1.I. The van der Waals surface area contributed by atoms with Gasteiger partial charge in [0.15, 0.2) is 5.96 Å². The molecule has 0 amide bonds. The third-order valence-electron chi connectivity index (χ3n) is 5.39. The van der Waals surface area contributed by atoms with Crippen molar-refractivity contribution in [3.63, 3.8) is 0 Å². The molecular formula is C22H32FIN4OS. The van der Waals surface area contributed by atoms with Crippen LogP contribution in [0.1, 0.15) is 42.4 Å². The van der Waals surface area contributed by atoms with Gasteiger partial charge in [-0.2, -0.15) is 0 Å². The van der Waals surface area contributed by atoms with Gasteiger partial charge in [-0.25, -0.2) is 4.39 Å². The summed E-state index contributed by atoms with van der Waals surface area (Å²) < 4.78 is 13.1. The van der Waals surface area contributed by atoms with E-state index in [0.29, 0.717) is 23.5 Å². The van der Waals surface area contributed by atoms with Gasteiger partial charge >= 0.3 is 0 Å². The zero-order valence-corrected chi connectivity index (χ0v) is 20.7. The predicted octanol–water partition coefficient (Wildman–Crippen LogP) is 4.18. The van der Waals surface area contributed by atoms with Crippen LogP contribution in [0.5, 0.6) is 0 Å². The molecule has 3 atom stereocenters. The number of rotatable bonds is 7. The van der Waals surface area contributed by atoms with Gasteiger partial charge in [0.25, 0.3) is 0 Å². The van der Waals surface area contributed by atoms with E-state index < -0.39 is 6.10 Å². The zero-order valence-electron chi connectivity index (χ0n) is 17.6. The van der Waals surface area contributed by atoms with E-state index in [-0.39, 0.29) is 36.3 Å². The van der Waals surface area contributed by atoms with E-state index in [1.165, 1.54) is 29.9 Å². The molecule has 0 radical (unpaired) electrons. The van der Waals surface area contributed by atoms with Crippen molar-refractivity contribution in [2.75, 3.05) is 33.2 Å². The maximum absolute atomic E-state index is 13.1. The van der Waals surface area contributed by atoms with Gasteiger partial charge in [0, 0.05) is 24.0 Å². The van der Waals surface area contributed by atoms with Crippen molar-refractivity contribution in [3.8, 4) is 0 Å². The van der Waals surface area contributed by atoms with Crippen molar-refractivity contribution in [3.05, 3.63) is 58.0 Å². The molecular weight excluding hydrogens is 514 g/mol. The molecule has 0 bridgehead atoms. The fourth-order valence-electron chi connectivity index (χ4n) is 3.92. The van der Waals surface area contributed by atoms with Gasteiger partial charge in [-0.1, -0.05) is 18.2 Å². The number of aliphatic imine (C=N–C) groups is 1. The predicted molar refractivity (Wildman–Crippen MR) is 133 cm³/mol. The Bertz CT molecular complexity index is 772. The summed E-state index contributed by atoms with van der Waals surface area (Å²) in [6, 6.07) is 10.7. The zero-order chi connectivity index (χ0) is 20.6. The normalized spacial score (nSPS) is 21.0. The van der Waals surface area contributed by atoms with Gasteiger partial charge in [-0.05, 0) is 68.4 Å². The minimum Gasteiger partial charge on any atom is -0.386 e. The molecule has 3 rings (SSSR count). The van der Waals surface area contributed by atoms with Crippen molar-refractivity contribution in [2.45, 2.75) is 31.9 Å². The van der Waals surface area contributed by atoms with E-state index in [4.69, 9.17) is 0 Å². The summed E-state index contributed by atoms with van der Waals surface area (Å²) in [5, 5.41) is 19.2. The van der Waals surface area contributed by atoms with Crippen molar-refractivity contribution in [2.24, 2.45) is 10.9 Å². The van der Waals surface area contributed by atoms with E-state index in [1.807, 2.05) is 18.3 Å². The Morgan fingerprint density at radius 1 is 1.30 bits per heavy atom. The van der Waals surface area contributed by atoms with E-state index in [9.17, 15) is 9.50 Å². The van der Waals surface area contributed by atoms with Gasteiger partial charge < -0.3 is 15.7 Å². The number of thiophene rings is 1. The first-order chi connectivity index (χ1) is 14.1. The number of aliphatic hydroxyl groups is 1. The molecule has 166 valence electrons. The summed E-state index contributed by atoms with van der Waals surface area (Å²) in [6.45, 7) is 4.94. The Hall–Kier alpha value is -1.23. The third-order valence-corrected chi connectivity index (χ3v) is 6.34. The number of piperidine rings is 1. The quantitative estimate of drug-likeness (QED) is 0.277. The highest BCUT2D eigenvalue weighted by molar-refractivity contribution is 14.0. The van der Waals surface area contributed by atoms with E-state index in [0.717, 1.165) is 19.6 Å². The number of guanidine groups is 1. The smallest absolute Gasteiger partial charge is 0.191 e. The number of likely N-dealkylation sites (tertiary alicyclic amines) is 1. The Morgan fingerprint density at radius 3 is 2.73 bits per heavy atom. The number of hydrogen-bond donors (Lipinski definition) is 3. The fraction of sp³-hybridized carbons (Fsp3) is 0.500. The van der Waals surface area contributed by atoms with Crippen molar-refractivity contribution in [1.82, 2.24) is 15.5 Å². The molecule has 0 spiro atoms. The van der Waals surface area contributed by atoms with Crippen LogP contribution in [0.2, 0.25) is 0 Å². The Labute approximate surface area is 199 Å². The topological polar surface area (TPSA) is 59.9 Å². The molecule has 2 heterocycles. The number of nitrogens with zero attached hydrogens (tertiary/aromatic N) is 2. The van der Waals surface area contributed by atoms with Gasteiger partial charge in [0.2, 0.25) is 0 Å². The number of aliphatic hydroxyl groups excluding tert-OH is 1. The monoisotopic (exact) mass is 546 g/mol. The Morgan fingerprint density at radius 2 is 2.07 bits per heavy atom. The molecule has 8 heteroatoms. The summed E-state index contributed by atoms with van der Waals surface area (Å²) >= 11 is 1.82. The fourth-order valence-corrected chi connectivity index (χ4v) is 4.90. The van der Waals surface area contributed by atoms with Gasteiger partial charge in [0.1, 0.15) is 5.82 Å². The minimum absolute atomic E-state index is 0. The van der Waals surface area contributed by atoms with E-state index in [2.05, 4.69) is 45.1 Å². The lowest BCUT2D eigenvalue weighted by Crippen LogP contribution is -2.45. The van der Waals surface area contributed by atoms with Crippen molar-refractivity contribution < 1.29 is 9.50 Å². The second-order valence-electron chi connectivity index (χ2n) is 7.51. The summed E-state index contributed by atoms with van der Waals surface area (Å²) in [7, 11) is 2.20. The Balaban J connectivity index is 0.00000320. The highest BCUT2D eigenvalue weighted by Crippen LogP contribution is 2.36. The maximum atomic E-state index is 13.1. The lowest BCUT2D eigenvalue weighted by Gasteiger charge is -2.39. The van der Waals surface area contributed by atoms with Crippen molar-refractivity contribution in [1.29, 1.82) is 0 Å². The first kappa shape index (κ1) is 25.0. The number of halogens is 2. The molecule has 1 aliphatic heterocycles. The molecule has 3 N–H and O–H groups in total. The lowest BCUT2D eigenvalue weighted by atomic mass is 9.88. The molecule has 1 aromatic heterocycles. The van der Waals surface area contributed by atoms with Crippen LogP contribution < -0.4 is 10.6 Å². The van der Waals surface area contributed by atoms with Crippen LogP contribution in [0.25, 0.3) is 0 Å². The molecule has 1 saturated heterocycles. The van der Waals surface area contributed by atoms with E-state index >= 15 is 0 Å². The second-order valence-corrected chi connectivity index (χ2v) is 8.49. The number of benzene rings is 1. The second kappa shape index (κ2) is 12.6. The maximum Gasteiger partial charge on any atom is 0.191 e. The van der Waals surface area contributed by atoms with Crippen LogP contribution in [0, 0.1) is 11.7 Å². The molecule has 1 fully saturated rings. The molecule has 1 aromatic carbocycles. The van der Waals surface area contributed by atoms with Crippen LogP contribution >= 0.6 is 35.3 Å². The first-order valence-electron chi connectivity index (χ1n) is 10.3. The minimum atomic E-state index is -0.759. The van der Waals surface area contributed by atoms with E-state index in [1.54, 1.807) is 12.1 Å². The standard InChI is InChI=1S/C22H31FN4OS.HI/c1-3-24-22(26-15-19(28)16-8-10-18(23)11-9-16)25-14-17-6-4-12-27(2)21(17)20-7-5-13-29-20;/h5,7-11,13,17,19,21,28H,3-4,6,12,14-15H2,1-2H3,(H2,24,25,26);1H. The highest BCUT2D eigenvalue weighted by atomic mass is 127. The molecule has 0 saturated carbocycles. The summed E-state index contributed by atoms with van der Waals surface area (Å²) in [5.74, 6) is 0.891. The van der Waals surface area contributed by atoms with Gasteiger partial charge in [-0.15, -0.1) is 35.3 Å². The number of hydrogen-bond acceptors (Lipinski definition) is 4. The van der Waals surface area contributed by atoms with Gasteiger partial charge in [0.05, 0.1) is 12.6 Å². The highest BCUT2D eigenvalue weighted by Gasteiger charge is 2.31. The molecule has 2 aromatic rings. The Kier molecular flexibility index (Phi) is 10.5. The van der Waals surface area contributed by atoms with Crippen molar-refractivity contribution >= 4 is 41.3 Å². The van der Waals surface area contributed by atoms with Gasteiger partial charge in [-0.3, -0.25) is 9.89 Å². The summed E-state index contributed by atoms with van der Waals surface area (Å²) in [6.07, 6.45) is 1.62. The molecule has 3 unspecified atom stereocenters. The van der Waals surface area contributed by atoms with Crippen LogP contribution in [0.4, 0.5) is 4.39 Å². The molecule has 30 heavy (non-hydrogen) atoms. The third kappa shape index (κ3) is 6.90. The largest absolute Gasteiger partial charge is 0.386 e. The first-order valence-corrected chi connectivity index (χ1v) is 11.2. The summed E-state index contributed by atoms with van der Waals surface area (Å²) in [5.41, 5.74) is 0.665. The van der Waals surface area contributed by atoms with Crippen LogP contribution in [0.15, 0.2) is 46.8 Å². The lowest BCUT2D eigenvalue weighted by molar-refractivity contribution is 0.125. The number of nitrogens with one attached hydrogen (secondary N) is 2. The average Bonchev–Trinajstić information content (AvgIpc) is 3.24. The molecule has 0 aliphatic carbocycles. The van der Waals surface area contributed by atoms with Crippen LogP contribution in [0.3, 0.4) is 0 Å².